The molecule has 2 aliphatic rings. The van der Waals surface area contributed by atoms with Gasteiger partial charge in [0.25, 0.3) is 0 Å². The molecular formula is C10H19N3. The van der Waals surface area contributed by atoms with E-state index in [9.17, 15) is 0 Å². The van der Waals surface area contributed by atoms with Gasteiger partial charge in [-0.3, -0.25) is 5.01 Å². The van der Waals surface area contributed by atoms with Crippen molar-refractivity contribution in [3.63, 3.8) is 0 Å². The average Bonchev–Trinajstić information content (AvgIpc) is 2.80. The minimum Gasteiger partial charge on any atom is -0.371 e. The summed E-state index contributed by atoms with van der Waals surface area (Å²) in [5, 5.41) is 7.97. The Hall–Kier alpha value is -0.700. The van der Waals surface area contributed by atoms with Crippen LogP contribution >= 0.6 is 0 Å². The van der Waals surface area contributed by atoms with Crippen LogP contribution in [0.5, 0.6) is 0 Å². The van der Waals surface area contributed by atoms with Crippen LogP contribution in [0.15, 0.2) is 12.4 Å². The van der Waals surface area contributed by atoms with E-state index in [1.54, 1.807) is 0 Å². The van der Waals surface area contributed by atoms with E-state index in [1.165, 1.54) is 32.4 Å². The first-order valence-electron chi connectivity index (χ1n) is 5.31. The van der Waals surface area contributed by atoms with Crippen LogP contribution in [0.2, 0.25) is 0 Å². The Labute approximate surface area is 80.4 Å². The molecule has 1 aliphatic carbocycles. The van der Waals surface area contributed by atoms with Crippen molar-refractivity contribution in [3.8, 4) is 0 Å². The van der Waals surface area contributed by atoms with Gasteiger partial charge in [-0.15, -0.1) is 0 Å². The summed E-state index contributed by atoms with van der Waals surface area (Å²) in [6.07, 6.45) is 8.26. The SMILES string of the molecule is CCCN(CC1CC1)N1C=CNC1. The van der Waals surface area contributed by atoms with Crippen LogP contribution in [0.3, 0.4) is 0 Å². The molecule has 1 heterocycles. The molecule has 0 aromatic rings. The molecule has 2 rings (SSSR count). The minimum absolute atomic E-state index is 0.951. The van der Waals surface area contributed by atoms with Crippen LogP contribution in [0.1, 0.15) is 26.2 Å². The van der Waals surface area contributed by atoms with E-state index in [2.05, 4.69) is 28.5 Å². The molecule has 0 atom stereocenters. The van der Waals surface area contributed by atoms with Crippen LogP contribution in [0.25, 0.3) is 0 Å². The van der Waals surface area contributed by atoms with Gasteiger partial charge in [-0.2, -0.15) is 0 Å². The molecule has 1 saturated carbocycles. The maximum absolute atomic E-state index is 3.21. The number of nitrogens with zero attached hydrogens (tertiary/aromatic N) is 2. The lowest BCUT2D eigenvalue weighted by atomic mass is 10.4. The van der Waals surface area contributed by atoms with E-state index in [1.807, 2.05) is 6.20 Å². The van der Waals surface area contributed by atoms with Crippen molar-refractivity contribution in [2.24, 2.45) is 5.92 Å². The molecule has 1 fully saturated rings. The maximum atomic E-state index is 3.21. The summed E-state index contributed by atoms with van der Waals surface area (Å²) < 4.78 is 0. The highest BCUT2D eigenvalue weighted by atomic mass is 15.6. The van der Waals surface area contributed by atoms with Gasteiger partial charge >= 0.3 is 0 Å². The fourth-order valence-electron chi connectivity index (χ4n) is 1.71. The fourth-order valence-corrected chi connectivity index (χ4v) is 1.71. The zero-order valence-electron chi connectivity index (χ0n) is 8.37. The van der Waals surface area contributed by atoms with E-state index < -0.39 is 0 Å². The van der Waals surface area contributed by atoms with Gasteiger partial charge in [-0.05, 0) is 25.2 Å². The molecule has 1 N–H and O–H groups in total. The van der Waals surface area contributed by atoms with Crippen molar-refractivity contribution in [1.82, 2.24) is 15.3 Å². The number of hydrazine groups is 1. The van der Waals surface area contributed by atoms with Gasteiger partial charge in [0, 0.05) is 25.5 Å². The topological polar surface area (TPSA) is 18.5 Å². The summed E-state index contributed by atoms with van der Waals surface area (Å²) >= 11 is 0. The Morgan fingerprint density at radius 3 is 2.92 bits per heavy atom. The smallest absolute Gasteiger partial charge is 0.102 e. The normalized spacial score (nSPS) is 21.2. The molecule has 3 heteroatoms. The van der Waals surface area contributed by atoms with Gasteiger partial charge in [-0.25, -0.2) is 5.01 Å². The molecule has 0 aromatic carbocycles. The fraction of sp³-hybridized carbons (Fsp3) is 0.800. The lowest BCUT2D eigenvalue weighted by Crippen LogP contribution is -2.41. The number of hydrogen-bond donors (Lipinski definition) is 1. The Kier molecular flexibility index (Phi) is 2.74. The number of hydrogen-bond acceptors (Lipinski definition) is 3. The third-order valence-corrected chi connectivity index (χ3v) is 2.63. The highest BCUT2D eigenvalue weighted by Crippen LogP contribution is 2.30. The molecule has 74 valence electrons. The predicted octanol–water partition coefficient (Wildman–Crippen LogP) is 1.36. The van der Waals surface area contributed by atoms with E-state index in [-0.39, 0.29) is 0 Å². The van der Waals surface area contributed by atoms with Crippen LogP contribution in [0.4, 0.5) is 0 Å². The second kappa shape index (κ2) is 4.01. The standard InChI is InChI=1S/C10H19N3/c1-2-6-12(8-10-3-4-10)13-7-5-11-9-13/h5,7,10-11H,2-4,6,8-9H2,1H3. The maximum Gasteiger partial charge on any atom is 0.102 e. The van der Waals surface area contributed by atoms with Crippen molar-refractivity contribution >= 4 is 0 Å². The summed E-state index contributed by atoms with van der Waals surface area (Å²) in [5.74, 6) is 0.973. The highest BCUT2D eigenvalue weighted by molar-refractivity contribution is 4.87. The summed E-state index contributed by atoms with van der Waals surface area (Å²) in [7, 11) is 0. The van der Waals surface area contributed by atoms with Gasteiger partial charge in [0.2, 0.25) is 0 Å². The van der Waals surface area contributed by atoms with Crippen LogP contribution in [0, 0.1) is 5.92 Å². The molecule has 0 amide bonds. The van der Waals surface area contributed by atoms with Crippen molar-refractivity contribution in [2.45, 2.75) is 26.2 Å². The predicted molar refractivity (Wildman–Crippen MR) is 53.6 cm³/mol. The molecule has 0 radical (unpaired) electrons. The first-order valence-corrected chi connectivity index (χ1v) is 5.31. The minimum atomic E-state index is 0.951. The van der Waals surface area contributed by atoms with Gasteiger partial charge < -0.3 is 5.32 Å². The molecule has 13 heavy (non-hydrogen) atoms. The van der Waals surface area contributed by atoms with E-state index >= 15 is 0 Å². The van der Waals surface area contributed by atoms with E-state index in [0.717, 1.165) is 12.6 Å². The first kappa shape index (κ1) is 8.88. The van der Waals surface area contributed by atoms with Crippen molar-refractivity contribution in [3.05, 3.63) is 12.4 Å². The van der Waals surface area contributed by atoms with Gasteiger partial charge in [0.15, 0.2) is 0 Å². The lowest BCUT2D eigenvalue weighted by molar-refractivity contribution is 0.0220. The second-order valence-electron chi connectivity index (χ2n) is 3.97. The quantitative estimate of drug-likeness (QED) is 0.691. The third kappa shape index (κ3) is 2.37. The number of nitrogens with one attached hydrogen (secondary N) is 1. The summed E-state index contributed by atoms with van der Waals surface area (Å²) in [6, 6.07) is 0. The monoisotopic (exact) mass is 181 g/mol. The molecule has 0 bridgehead atoms. The van der Waals surface area contributed by atoms with E-state index in [4.69, 9.17) is 0 Å². The average molecular weight is 181 g/mol. The van der Waals surface area contributed by atoms with Crippen molar-refractivity contribution in [1.29, 1.82) is 0 Å². The zero-order chi connectivity index (χ0) is 9.10. The summed E-state index contributed by atoms with van der Waals surface area (Å²) in [5.41, 5.74) is 0. The molecule has 0 unspecified atom stereocenters. The molecule has 0 aromatic heterocycles. The lowest BCUT2D eigenvalue weighted by Gasteiger charge is -2.31. The first-order chi connectivity index (χ1) is 6.40. The molecule has 3 nitrogen and oxygen atoms in total. The Morgan fingerprint density at radius 1 is 1.54 bits per heavy atom. The summed E-state index contributed by atoms with van der Waals surface area (Å²) in [6.45, 7) is 5.63. The summed E-state index contributed by atoms with van der Waals surface area (Å²) in [4.78, 5) is 0. The zero-order valence-corrected chi connectivity index (χ0v) is 8.37. The van der Waals surface area contributed by atoms with Crippen molar-refractivity contribution in [2.75, 3.05) is 19.8 Å². The largest absolute Gasteiger partial charge is 0.371 e. The molecule has 0 saturated heterocycles. The van der Waals surface area contributed by atoms with Crippen LogP contribution in [-0.2, 0) is 0 Å². The Balaban J connectivity index is 1.82. The Bertz CT molecular complexity index is 187. The molecular weight excluding hydrogens is 162 g/mol. The van der Waals surface area contributed by atoms with Crippen LogP contribution in [-0.4, -0.2) is 29.8 Å². The van der Waals surface area contributed by atoms with Crippen LogP contribution < -0.4 is 5.32 Å². The highest BCUT2D eigenvalue weighted by Gasteiger charge is 2.26. The van der Waals surface area contributed by atoms with Gasteiger partial charge in [0.05, 0.1) is 0 Å². The third-order valence-electron chi connectivity index (χ3n) is 2.63. The Morgan fingerprint density at radius 2 is 2.38 bits per heavy atom. The molecule has 0 spiro atoms. The van der Waals surface area contributed by atoms with E-state index in [0.29, 0.717) is 0 Å². The number of rotatable bonds is 5. The van der Waals surface area contributed by atoms with Crippen molar-refractivity contribution < 1.29 is 0 Å². The van der Waals surface area contributed by atoms with Gasteiger partial charge in [-0.1, -0.05) is 6.92 Å². The second-order valence-corrected chi connectivity index (χ2v) is 3.97. The van der Waals surface area contributed by atoms with Gasteiger partial charge in [0.1, 0.15) is 6.67 Å². The molecule has 1 aliphatic heterocycles.